The van der Waals surface area contributed by atoms with Gasteiger partial charge in [-0.1, -0.05) is 12.1 Å². The third-order valence-electron chi connectivity index (χ3n) is 2.56. The van der Waals surface area contributed by atoms with Crippen LogP contribution in [0.1, 0.15) is 0 Å². The number of rotatable bonds is 5. The van der Waals surface area contributed by atoms with Gasteiger partial charge in [0, 0.05) is 7.05 Å². The highest BCUT2D eigenvalue weighted by molar-refractivity contribution is 6.09. The zero-order chi connectivity index (χ0) is 13.7. The number of likely N-dealkylation sites (N-methyl/N-ethyl adjacent to an activating group) is 2. The van der Waals surface area contributed by atoms with E-state index in [1.807, 2.05) is 0 Å². The molecule has 1 atom stereocenters. The summed E-state index contributed by atoms with van der Waals surface area (Å²) in [5, 5.41) is 11.4. The first kappa shape index (κ1) is 14.0. The van der Waals surface area contributed by atoms with Gasteiger partial charge in [0.15, 0.2) is 6.04 Å². The first-order chi connectivity index (χ1) is 8.52. The summed E-state index contributed by atoms with van der Waals surface area (Å²) in [6, 6.07) is 5.63. The number of para-hydroxylation sites is 2. The molecule has 1 unspecified atom stereocenters. The molecule has 0 fully saturated rings. The Hall–Kier alpha value is -2.08. The van der Waals surface area contributed by atoms with E-state index in [0.717, 1.165) is 0 Å². The van der Waals surface area contributed by atoms with E-state index in [1.54, 1.807) is 24.3 Å². The molecule has 98 valence electrons. The van der Waals surface area contributed by atoms with Crippen LogP contribution in [0.15, 0.2) is 24.3 Å². The minimum atomic E-state index is -1.28. The first-order valence-corrected chi connectivity index (χ1v) is 5.33. The highest BCUT2D eigenvalue weighted by Crippen LogP contribution is 2.26. The lowest BCUT2D eigenvalue weighted by atomic mass is 10.2. The number of hydrogen-bond donors (Lipinski definition) is 2. The number of carbonyl (C=O) groups excluding carboxylic acids is 1. The molecule has 0 bridgehead atoms. The Morgan fingerprint density at radius 2 is 2.00 bits per heavy atom. The summed E-state index contributed by atoms with van der Waals surface area (Å²) < 4.78 is 5.13. The van der Waals surface area contributed by atoms with Crippen molar-refractivity contribution >= 4 is 17.6 Å². The van der Waals surface area contributed by atoms with Crippen LogP contribution in [0.5, 0.6) is 5.75 Å². The second kappa shape index (κ2) is 6.02. The third-order valence-corrected chi connectivity index (χ3v) is 2.56. The van der Waals surface area contributed by atoms with Crippen molar-refractivity contribution in [3.63, 3.8) is 0 Å². The van der Waals surface area contributed by atoms with Crippen LogP contribution in [0.3, 0.4) is 0 Å². The lowest BCUT2D eigenvalue weighted by Crippen LogP contribution is -2.48. The van der Waals surface area contributed by atoms with Crippen LogP contribution in [0.2, 0.25) is 0 Å². The van der Waals surface area contributed by atoms with Crippen molar-refractivity contribution in [1.29, 1.82) is 0 Å². The third kappa shape index (κ3) is 2.78. The van der Waals surface area contributed by atoms with Crippen molar-refractivity contribution in [3.05, 3.63) is 24.3 Å². The van der Waals surface area contributed by atoms with E-state index in [1.165, 1.54) is 26.1 Å². The summed E-state index contributed by atoms with van der Waals surface area (Å²) in [5.41, 5.74) is 0.520. The maximum absolute atomic E-state index is 12.0. The number of carbonyl (C=O) groups is 2. The van der Waals surface area contributed by atoms with Gasteiger partial charge >= 0.3 is 5.97 Å². The Kier molecular flexibility index (Phi) is 4.67. The number of aliphatic carboxylic acids is 1. The Balaban J connectivity index is 3.02. The quantitative estimate of drug-likeness (QED) is 0.738. The monoisotopic (exact) mass is 252 g/mol. The second-order valence-electron chi connectivity index (χ2n) is 3.63. The van der Waals surface area contributed by atoms with Crippen LogP contribution >= 0.6 is 0 Å². The number of carboxylic acid groups (broad SMARTS) is 1. The molecule has 1 aromatic rings. The number of nitrogens with zero attached hydrogens (tertiary/aromatic N) is 1. The van der Waals surface area contributed by atoms with Crippen LogP contribution in [0.4, 0.5) is 5.69 Å². The summed E-state index contributed by atoms with van der Waals surface area (Å²) in [4.78, 5) is 24.2. The molecule has 0 saturated carbocycles. The summed E-state index contributed by atoms with van der Waals surface area (Å²) in [7, 11) is 4.42. The van der Waals surface area contributed by atoms with Crippen molar-refractivity contribution in [1.82, 2.24) is 5.32 Å². The van der Waals surface area contributed by atoms with E-state index in [0.29, 0.717) is 11.4 Å². The zero-order valence-corrected chi connectivity index (χ0v) is 10.5. The Morgan fingerprint density at radius 3 is 2.50 bits per heavy atom. The van der Waals surface area contributed by atoms with Gasteiger partial charge in [0.2, 0.25) is 0 Å². The molecule has 1 amide bonds. The molecule has 0 radical (unpaired) electrons. The lowest BCUT2D eigenvalue weighted by molar-refractivity contribution is -0.143. The first-order valence-electron chi connectivity index (χ1n) is 5.33. The predicted octanol–water partition coefficient (Wildman–Crippen LogP) is 0.331. The fourth-order valence-corrected chi connectivity index (χ4v) is 1.57. The molecule has 0 heterocycles. The van der Waals surface area contributed by atoms with Crippen molar-refractivity contribution in [3.8, 4) is 5.75 Å². The van der Waals surface area contributed by atoms with E-state index in [9.17, 15) is 9.59 Å². The molecule has 2 N–H and O–H groups in total. The van der Waals surface area contributed by atoms with E-state index >= 15 is 0 Å². The number of anilines is 1. The van der Waals surface area contributed by atoms with Gasteiger partial charge in [-0.15, -0.1) is 0 Å². The molecular weight excluding hydrogens is 236 g/mol. The van der Waals surface area contributed by atoms with Crippen LogP contribution in [-0.4, -0.2) is 44.2 Å². The van der Waals surface area contributed by atoms with Gasteiger partial charge in [-0.3, -0.25) is 10.1 Å². The minimum Gasteiger partial charge on any atom is -0.495 e. The van der Waals surface area contributed by atoms with Crippen LogP contribution < -0.4 is 15.0 Å². The van der Waals surface area contributed by atoms with Crippen LogP contribution in [-0.2, 0) is 9.59 Å². The maximum atomic E-state index is 12.0. The van der Waals surface area contributed by atoms with E-state index < -0.39 is 17.9 Å². The van der Waals surface area contributed by atoms with Crippen molar-refractivity contribution in [2.75, 3.05) is 26.1 Å². The number of methoxy groups -OCH3 is 1. The van der Waals surface area contributed by atoms with E-state index in [2.05, 4.69) is 5.32 Å². The molecule has 0 aromatic heterocycles. The number of nitrogens with one attached hydrogen (secondary N) is 1. The highest BCUT2D eigenvalue weighted by Gasteiger charge is 2.28. The molecule has 0 aliphatic heterocycles. The average molecular weight is 252 g/mol. The van der Waals surface area contributed by atoms with E-state index in [4.69, 9.17) is 9.84 Å². The molecule has 6 nitrogen and oxygen atoms in total. The van der Waals surface area contributed by atoms with Gasteiger partial charge in [0.05, 0.1) is 12.8 Å². The van der Waals surface area contributed by atoms with Crippen LogP contribution in [0.25, 0.3) is 0 Å². The Labute approximate surface area is 105 Å². The van der Waals surface area contributed by atoms with Gasteiger partial charge in [-0.05, 0) is 19.2 Å². The molecule has 6 heteroatoms. The van der Waals surface area contributed by atoms with Gasteiger partial charge in [0.1, 0.15) is 5.75 Å². The van der Waals surface area contributed by atoms with Gasteiger partial charge in [-0.25, -0.2) is 4.79 Å². The van der Waals surface area contributed by atoms with Crippen molar-refractivity contribution in [2.45, 2.75) is 6.04 Å². The summed E-state index contributed by atoms with van der Waals surface area (Å²) in [6.07, 6.45) is 0. The molecule has 0 saturated heterocycles. The Morgan fingerprint density at radius 1 is 1.39 bits per heavy atom. The van der Waals surface area contributed by atoms with Gasteiger partial charge < -0.3 is 14.7 Å². The zero-order valence-electron chi connectivity index (χ0n) is 10.5. The van der Waals surface area contributed by atoms with Gasteiger partial charge in [-0.2, -0.15) is 0 Å². The van der Waals surface area contributed by atoms with Crippen LogP contribution in [0, 0.1) is 0 Å². The number of benzene rings is 1. The number of ether oxygens (including phenoxy) is 1. The number of carboxylic acids is 1. The topological polar surface area (TPSA) is 78.9 Å². The smallest absolute Gasteiger partial charge is 0.330 e. The standard InChI is InChI=1S/C12H16N2O4/c1-13-10(12(16)17)11(15)14(2)8-6-4-5-7-9(8)18-3/h4-7,10,13H,1-3H3,(H,16,17). The van der Waals surface area contributed by atoms with Crippen molar-refractivity contribution in [2.24, 2.45) is 0 Å². The molecule has 0 aliphatic carbocycles. The molecular formula is C12H16N2O4. The molecule has 18 heavy (non-hydrogen) atoms. The Bertz CT molecular complexity index is 447. The predicted molar refractivity (Wildman–Crippen MR) is 66.9 cm³/mol. The normalized spacial score (nSPS) is 11.7. The maximum Gasteiger partial charge on any atom is 0.330 e. The molecule has 0 spiro atoms. The largest absolute Gasteiger partial charge is 0.495 e. The lowest BCUT2D eigenvalue weighted by Gasteiger charge is -2.22. The van der Waals surface area contributed by atoms with Crippen molar-refractivity contribution < 1.29 is 19.4 Å². The summed E-state index contributed by atoms with van der Waals surface area (Å²) in [5.74, 6) is -1.27. The molecule has 1 aromatic carbocycles. The number of amides is 1. The average Bonchev–Trinajstić information content (AvgIpc) is 2.38. The van der Waals surface area contributed by atoms with E-state index in [-0.39, 0.29) is 0 Å². The minimum absolute atomic E-state index is 0.508. The fraction of sp³-hybridized carbons (Fsp3) is 0.333. The summed E-state index contributed by atoms with van der Waals surface area (Å²) >= 11 is 0. The van der Waals surface area contributed by atoms with Gasteiger partial charge in [0.25, 0.3) is 5.91 Å². The molecule has 0 aliphatic rings. The second-order valence-corrected chi connectivity index (χ2v) is 3.63. The summed E-state index contributed by atoms with van der Waals surface area (Å²) in [6.45, 7) is 0. The fourth-order valence-electron chi connectivity index (χ4n) is 1.57. The number of hydrogen-bond acceptors (Lipinski definition) is 4. The molecule has 1 rings (SSSR count). The SMILES string of the molecule is CNC(C(=O)O)C(=O)N(C)c1ccccc1OC. The highest BCUT2D eigenvalue weighted by atomic mass is 16.5.